The van der Waals surface area contributed by atoms with Crippen molar-refractivity contribution in [3.8, 4) is 23.5 Å². The lowest BCUT2D eigenvalue weighted by molar-refractivity contribution is -0.139. The average Bonchev–Trinajstić information content (AvgIpc) is 3.24. The smallest absolute Gasteiger partial charge is 0.416 e. The highest BCUT2D eigenvalue weighted by Crippen LogP contribution is 2.42. The standard InChI is InChI=1S/C48H51F3N4O4/c1-7-34-16-10-11-19-39(34)40-20-12-13-21-41(40)44(56)53-30-28-52(29-31-53)26-15-27-54-43(35-22-24-36(25-23-35)47(5,6)8-2)42(45(57)59-9-3)33(4)55(46(54)58)38-18-14-17-37(32-38)48(49,50)51/h1,10-14,16-25,32,43H,8-9,15,26-31H2,2-6H3. The van der Waals surface area contributed by atoms with Crippen molar-refractivity contribution >= 4 is 23.6 Å². The summed E-state index contributed by atoms with van der Waals surface area (Å²) in [5, 5.41) is 0. The quantitative estimate of drug-likeness (QED) is 0.105. The molecule has 1 atom stereocenters. The molecule has 4 aromatic rings. The van der Waals surface area contributed by atoms with Gasteiger partial charge in [0.25, 0.3) is 5.91 Å². The van der Waals surface area contributed by atoms with Crippen LogP contribution in [0.2, 0.25) is 0 Å². The molecule has 59 heavy (non-hydrogen) atoms. The molecule has 8 nitrogen and oxygen atoms in total. The summed E-state index contributed by atoms with van der Waals surface area (Å²) in [5.74, 6) is 2.00. The molecule has 11 heteroatoms. The lowest BCUT2D eigenvalue weighted by Gasteiger charge is -2.43. The molecule has 2 aliphatic heterocycles. The van der Waals surface area contributed by atoms with Crippen molar-refractivity contribution in [2.24, 2.45) is 0 Å². The number of benzene rings is 4. The van der Waals surface area contributed by atoms with Gasteiger partial charge in [-0.05, 0) is 91.2 Å². The van der Waals surface area contributed by atoms with Gasteiger partial charge in [0.2, 0.25) is 0 Å². The third-order valence-electron chi connectivity index (χ3n) is 11.6. The number of nitrogens with zero attached hydrogens (tertiary/aromatic N) is 4. The Morgan fingerprint density at radius 2 is 1.49 bits per heavy atom. The van der Waals surface area contributed by atoms with Crippen LogP contribution in [0.3, 0.4) is 0 Å². The van der Waals surface area contributed by atoms with Gasteiger partial charge in [-0.1, -0.05) is 93.4 Å². The van der Waals surface area contributed by atoms with Crippen LogP contribution in [0.5, 0.6) is 0 Å². The molecule has 6 rings (SSSR count). The van der Waals surface area contributed by atoms with Gasteiger partial charge < -0.3 is 14.5 Å². The molecule has 308 valence electrons. The highest BCUT2D eigenvalue weighted by Gasteiger charge is 2.43. The number of rotatable bonds is 12. The Morgan fingerprint density at radius 1 is 0.831 bits per heavy atom. The van der Waals surface area contributed by atoms with Crippen molar-refractivity contribution in [3.05, 3.63) is 136 Å². The number of terminal acetylenes is 1. The normalized spacial score (nSPS) is 16.6. The molecule has 1 saturated heterocycles. The zero-order valence-corrected chi connectivity index (χ0v) is 34.3. The minimum Gasteiger partial charge on any atom is -0.463 e. The number of hydrogen-bond acceptors (Lipinski definition) is 5. The van der Waals surface area contributed by atoms with E-state index in [0.717, 1.165) is 35.2 Å². The fourth-order valence-electron chi connectivity index (χ4n) is 7.90. The van der Waals surface area contributed by atoms with Crippen molar-refractivity contribution in [2.75, 3.05) is 50.8 Å². The predicted octanol–water partition coefficient (Wildman–Crippen LogP) is 9.71. The van der Waals surface area contributed by atoms with Crippen LogP contribution < -0.4 is 4.90 Å². The van der Waals surface area contributed by atoms with E-state index in [1.165, 1.54) is 17.0 Å². The van der Waals surface area contributed by atoms with Gasteiger partial charge in [0.05, 0.1) is 29.5 Å². The van der Waals surface area contributed by atoms with Crippen LogP contribution in [-0.4, -0.2) is 78.5 Å². The Balaban J connectivity index is 1.25. The molecule has 3 amide bonds. The van der Waals surface area contributed by atoms with E-state index in [1.54, 1.807) is 18.7 Å². The molecule has 1 unspecified atom stereocenters. The fraction of sp³-hybridized carbons (Fsp3) is 0.354. The third-order valence-corrected chi connectivity index (χ3v) is 11.6. The molecule has 0 aliphatic carbocycles. The summed E-state index contributed by atoms with van der Waals surface area (Å²) in [6, 6.07) is 26.1. The first-order valence-corrected chi connectivity index (χ1v) is 20.1. The molecule has 2 aliphatic rings. The summed E-state index contributed by atoms with van der Waals surface area (Å²) in [5.41, 5.74) is 4.06. The summed E-state index contributed by atoms with van der Waals surface area (Å²) in [6.45, 7) is 12.7. The molecule has 0 radical (unpaired) electrons. The zero-order valence-electron chi connectivity index (χ0n) is 34.3. The number of urea groups is 1. The third kappa shape index (κ3) is 9.08. The highest BCUT2D eigenvalue weighted by atomic mass is 19.4. The number of carbonyl (C=O) groups is 3. The summed E-state index contributed by atoms with van der Waals surface area (Å²) in [7, 11) is 0. The fourth-order valence-corrected chi connectivity index (χ4v) is 7.90. The van der Waals surface area contributed by atoms with E-state index in [4.69, 9.17) is 11.2 Å². The number of anilines is 1. The van der Waals surface area contributed by atoms with Crippen LogP contribution in [0.1, 0.15) is 86.1 Å². The maximum atomic E-state index is 14.7. The summed E-state index contributed by atoms with van der Waals surface area (Å²) < 4.78 is 47.3. The summed E-state index contributed by atoms with van der Waals surface area (Å²) in [6.07, 6.45) is 2.54. The van der Waals surface area contributed by atoms with Crippen LogP contribution in [0, 0.1) is 12.3 Å². The van der Waals surface area contributed by atoms with Gasteiger partial charge in [-0.25, -0.2) is 9.59 Å². The van der Waals surface area contributed by atoms with Crippen LogP contribution >= 0.6 is 0 Å². The van der Waals surface area contributed by atoms with Gasteiger partial charge in [-0.2, -0.15) is 13.2 Å². The first kappa shape index (κ1) is 42.7. The van der Waals surface area contributed by atoms with E-state index in [0.29, 0.717) is 55.8 Å². The van der Waals surface area contributed by atoms with E-state index in [2.05, 4.69) is 31.6 Å². The maximum absolute atomic E-state index is 14.7. The number of halogens is 3. The first-order chi connectivity index (χ1) is 28.2. The van der Waals surface area contributed by atoms with Crippen molar-refractivity contribution in [1.29, 1.82) is 0 Å². The predicted molar refractivity (Wildman–Crippen MR) is 225 cm³/mol. The van der Waals surface area contributed by atoms with Crippen molar-refractivity contribution in [2.45, 2.75) is 65.1 Å². The van der Waals surface area contributed by atoms with Crippen LogP contribution in [-0.2, 0) is 21.1 Å². The maximum Gasteiger partial charge on any atom is 0.416 e. The number of hydrogen-bond donors (Lipinski definition) is 0. The highest BCUT2D eigenvalue weighted by molar-refractivity contribution is 6.03. The van der Waals surface area contributed by atoms with Gasteiger partial charge in [-0.3, -0.25) is 14.6 Å². The average molecular weight is 805 g/mol. The molecule has 0 spiro atoms. The second kappa shape index (κ2) is 18.0. The van der Waals surface area contributed by atoms with E-state index < -0.39 is 29.8 Å². The Morgan fingerprint density at radius 3 is 2.14 bits per heavy atom. The molecule has 4 aromatic carbocycles. The monoisotopic (exact) mass is 804 g/mol. The molecule has 0 bridgehead atoms. The minimum atomic E-state index is -4.64. The Labute approximate surface area is 345 Å². The largest absolute Gasteiger partial charge is 0.463 e. The molecular formula is C48H51F3N4O4. The number of allylic oxidation sites excluding steroid dienone is 1. The van der Waals surface area contributed by atoms with Crippen molar-refractivity contribution in [1.82, 2.24) is 14.7 Å². The van der Waals surface area contributed by atoms with Gasteiger partial charge in [0.1, 0.15) is 0 Å². The van der Waals surface area contributed by atoms with Gasteiger partial charge in [0.15, 0.2) is 0 Å². The number of esters is 1. The first-order valence-electron chi connectivity index (χ1n) is 20.1. The van der Waals surface area contributed by atoms with Gasteiger partial charge in [0, 0.05) is 49.5 Å². The summed E-state index contributed by atoms with van der Waals surface area (Å²) >= 11 is 0. The number of carbonyl (C=O) groups excluding carboxylic acids is 3. The number of ether oxygens (including phenoxy) is 1. The van der Waals surface area contributed by atoms with Crippen LogP contribution in [0.25, 0.3) is 11.1 Å². The zero-order chi connectivity index (χ0) is 42.5. The van der Waals surface area contributed by atoms with Crippen molar-refractivity contribution < 1.29 is 32.3 Å². The topological polar surface area (TPSA) is 73.4 Å². The Kier molecular flexibility index (Phi) is 13.0. The lowest BCUT2D eigenvalue weighted by atomic mass is 9.81. The van der Waals surface area contributed by atoms with E-state index in [1.807, 2.05) is 77.7 Å². The van der Waals surface area contributed by atoms with Gasteiger partial charge >= 0.3 is 18.2 Å². The van der Waals surface area contributed by atoms with Gasteiger partial charge in [-0.15, -0.1) is 6.42 Å². The SMILES string of the molecule is C#Cc1ccccc1-c1ccccc1C(=O)N1CCN(CCCN2C(=O)N(c3cccc(C(F)(F)F)c3)C(C)=C(C(=O)OCC)C2c2ccc(C(C)(C)CC)cc2)CC1. The molecule has 1 fully saturated rings. The van der Waals surface area contributed by atoms with E-state index in [-0.39, 0.29) is 41.4 Å². The molecular weight excluding hydrogens is 754 g/mol. The second-order valence-corrected chi connectivity index (χ2v) is 15.6. The lowest BCUT2D eigenvalue weighted by Crippen LogP contribution is -2.52. The number of amides is 3. The number of alkyl halides is 3. The molecule has 0 saturated carbocycles. The van der Waals surface area contributed by atoms with E-state index in [9.17, 15) is 27.6 Å². The molecule has 0 N–H and O–H groups in total. The van der Waals surface area contributed by atoms with Crippen LogP contribution in [0.4, 0.5) is 23.7 Å². The second-order valence-electron chi connectivity index (χ2n) is 15.6. The summed E-state index contributed by atoms with van der Waals surface area (Å²) in [4.78, 5) is 49.3. The number of piperazine rings is 1. The molecule has 2 heterocycles. The van der Waals surface area contributed by atoms with Crippen molar-refractivity contribution in [3.63, 3.8) is 0 Å². The minimum absolute atomic E-state index is 0.00208. The van der Waals surface area contributed by atoms with Crippen LogP contribution in [0.15, 0.2) is 108 Å². The Bertz CT molecular complexity index is 2250. The Hall–Kier alpha value is -5.86. The molecule has 0 aromatic heterocycles. The van der Waals surface area contributed by atoms with E-state index >= 15 is 0 Å².